The Labute approximate surface area is 48.1 Å². The number of allylic oxidation sites excluding steroid dienone is 1. The number of amides is 1. The van der Waals surface area contributed by atoms with E-state index in [1.165, 1.54) is 13.2 Å². The molecule has 0 aromatic rings. The molecule has 0 heterocycles. The summed E-state index contributed by atoms with van der Waals surface area (Å²) in [6, 6.07) is 0. The second kappa shape index (κ2) is 3.07. The molecule has 46 valence electrons. The minimum atomic E-state index is -0.532. The number of carbonyl (C=O) groups is 1. The Balaban J connectivity index is 3.92. The van der Waals surface area contributed by atoms with Crippen LogP contribution in [0.4, 0.5) is 0 Å². The van der Waals surface area contributed by atoms with E-state index in [1.807, 2.05) is 0 Å². The highest BCUT2D eigenvalue weighted by atomic mass is 16.5. The predicted octanol–water partition coefficient (Wildman–Crippen LogP) is 0.0219. The normalized spacial score (nSPS) is 11.0. The number of primary amides is 1. The molecule has 8 heavy (non-hydrogen) atoms. The van der Waals surface area contributed by atoms with E-state index in [-0.39, 0.29) is 5.76 Å². The van der Waals surface area contributed by atoms with E-state index in [1.54, 1.807) is 6.92 Å². The number of carbonyl (C=O) groups excluding carboxylic acids is 1. The second-order valence-electron chi connectivity index (χ2n) is 1.22. The first-order valence-corrected chi connectivity index (χ1v) is 2.22. The Morgan fingerprint density at radius 2 is 2.25 bits per heavy atom. The monoisotopic (exact) mass is 115 g/mol. The van der Waals surface area contributed by atoms with Crippen LogP contribution in [0.2, 0.25) is 0 Å². The molecule has 0 aromatic heterocycles. The van der Waals surface area contributed by atoms with E-state index in [4.69, 9.17) is 5.73 Å². The lowest BCUT2D eigenvalue weighted by Gasteiger charge is -1.96. The fourth-order valence-corrected chi connectivity index (χ4v) is 0.361. The first kappa shape index (κ1) is 7.01. The first-order chi connectivity index (χ1) is 3.72. The summed E-state index contributed by atoms with van der Waals surface area (Å²) in [5.41, 5.74) is 4.83. The number of hydrogen-bond donors (Lipinski definition) is 1. The van der Waals surface area contributed by atoms with Crippen LogP contribution in [-0.4, -0.2) is 13.0 Å². The topological polar surface area (TPSA) is 52.3 Å². The third-order valence-corrected chi connectivity index (χ3v) is 0.725. The zero-order valence-electron chi connectivity index (χ0n) is 4.97. The summed E-state index contributed by atoms with van der Waals surface area (Å²) in [5.74, 6) is -0.333. The molecule has 0 radical (unpaired) electrons. The highest BCUT2D eigenvalue weighted by Crippen LogP contribution is 1.89. The van der Waals surface area contributed by atoms with E-state index in [0.29, 0.717) is 0 Å². The summed E-state index contributed by atoms with van der Waals surface area (Å²) < 4.78 is 4.55. The molecular weight excluding hydrogens is 106 g/mol. The van der Waals surface area contributed by atoms with Crippen molar-refractivity contribution in [2.45, 2.75) is 6.92 Å². The van der Waals surface area contributed by atoms with Gasteiger partial charge in [-0.1, -0.05) is 0 Å². The largest absolute Gasteiger partial charge is 0.491 e. The molecule has 3 heteroatoms. The number of rotatable bonds is 2. The van der Waals surface area contributed by atoms with Gasteiger partial charge in [0.1, 0.15) is 0 Å². The zero-order chi connectivity index (χ0) is 6.57. The van der Waals surface area contributed by atoms with E-state index in [0.717, 1.165) is 0 Å². The van der Waals surface area contributed by atoms with Crippen LogP contribution in [0.15, 0.2) is 11.8 Å². The van der Waals surface area contributed by atoms with Crippen molar-refractivity contribution in [3.8, 4) is 0 Å². The number of nitrogens with two attached hydrogens (primary N) is 1. The molecule has 1 amide bonds. The van der Waals surface area contributed by atoms with Crippen LogP contribution in [-0.2, 0) is 9.53 Å². The molecule has 0 saturated heterocycles. The molecule has 0 aliphatic heterocycles. The van der Waals surface area contributed by atoms with Gasteiger partial charge in [-0.2, -0.15) is 0 Å². The smallest absolute Gasteiger partial charge is 0.283 e. The molecule has 0 aliphatic carbocycles. The summed E-state index contributed by atoms with van der Waals surface area (Å²) >= 11 is 0. The minimum absolute atomic E-state index is 0.199. The van der Waals surface area contributed by atoms with Crippen molar-refractivity contribution < 1.29 is 9.53 Å². The van der Waals surface area contributed by atoms with Gasteiger partial charge in [-0.3, -0.25) is 4.79 Å². The summed E-state index contributed by atoms with van der Waals surface area (Å²) in [5, 5.41) is 0. The van der Waals surface area contributed by atoms with E-state index in [9.17, 15) is 4.79 Å². The molecule has 0 atom stereocenters. The van der Waals surface area contributed by atoms with Gasteiger partial charge in [-0.25, -0.2) is 0 Å². The standard InChI is InChI=1S/C5H9NO2/c1-3-4(8-2)5(6)7/h3H,1-2H3,(H2,6,7)/b4-3-. The number of hydrogen-bond acceptors (Lipinski definition) is 2. The molecule has 0 saturated carbocycles. The maximum atomic E-state index is 10.2. The van der Waals surface area contributed by atoms with Gasteiger partial charge in [-0.05, 0) is 13.0 Å². The van der Waals surface area contributed by atoms with Crippen molar-refractivity contribution in [1.29, 1.82) is 0 Å². The summed E-state index contributed by atoms with van der Waals surface area (Å²) in [7, 11) is 1.40. The van der Waals surface area contributed by atoms with Gasteiger partial charge >= 0.3 is 0 Å². The molecule has 0 aromatic carbocycles. The Bertz CT molecular complexity index is 118. The van der Waals surface area contributed by atoms with Gasteiger partial charge in [-0.15, -0.1) is 0 Å². The van der Waals surface area contributed by atoms with Crippen molar-refractivity contribution >= 4 is 5.91 Å². The van der Waals surface area contributed by atoms with Gasteiger partial charge in [0.2, 0.25) is 0 Å². The van der Waals surface area contributed by atoms with Crippen LogP contribution in [0.25, 0.3) is 0 Å². The number of ether oxygens (including phenoxy) is 1. The van der Waals surface area contributed by atoms with E-state index in [2.05, 4.69) is 4.74 Å². The number of methoxy groups -OCH3 is 1. The van der Waals surface area contributed by atoms with Crippen LogP contribution in [0.5, 0.6) is 0 Å². The Morgan fingerprint density at radius 1 is 1.75 bits per heavy atom. The predicted molar refractivity (Wildman–Crippen MR) is 30.0 cm³/mol. The quantitative estimate of drug-likeness (QED) is 0.407. The van der Waals surface area contributed by atoms with Crippen LogP contribution < -0.4 is 5.73 Å². The Kier molecular flexibility index (Phi) is 2.69. The Morgan fingerprint density at radius 3 is 2.25 bits per heavy atom. The second-order valence-corrected chi connectivity index (χ2v) is 1.22. The third-order valence-electron chi connectivity index (χ3n) is 0.725. The van der Waals surface area contributed by atoms with Crippen molar-refractivity contribution in [2.75, 3.05) is 7.11 Å². The van der Waals surface area contributed by atoms with Gasteiger partial charge in [0, 0.05) is 0 Å². The van der Waals surface area contributed by atoms with E-state index >= 15 is 0 Å². The third kappa shape index (κ3) is 1.64. The average molecular weight is 115 g/mol. The fraction of sp³-hybridized carbons (Fsp3) is 0.400. The van der Waals surface area contributed by atoms with Crippen LogP contribution in [0.1, 0.15) is 6.92 Å². The highest BCUT2D eigenvalue weighted by molar-refractivity contribution is 5.89. The molecule has 3 nitrogen and oxygen atoms in total. The summed E-state index contributed by atoms with van der Waals surface area (Å²) in [6.07, 6.45) is 1.52. The van der Waals surface area contributed by atoms with Crippen LogP contribution >= 0.6 is 0 Å². The molecule has 0 spiro atoms. The lowest BCUT2D eigenvalue weighted by atomic mass is 10.4. The van der Waals surface area contributed by atoms with Crippen molar-refractivity contribution in [3.63, 3.8) is 0 Å². The molecule has 0 bridgehead atoms. The average Bonchev–Trinajstić information content (AvgIpc) is 1.69. The molecule has 0 unspecified atom stereocenters. The molecule has 0 fully saturated rings. The maximum Gasteiger partial charge on any atom is 0.283 e. The van der Waals surface area contributed by atoms with Gasteiger partial charge in [0.25, 0.3) is 5.91 Å². The lowest BCUT2D eigenvalue weighted by molar-refractivity contribution is -0.117. The molecule has 2 N–H and O–H groups in total. The van der Waals surface area contributed by atoms with Crippen molar-refractivity contribution in [1.82, 2.24) is 0 Å². The maximum absolute atomic E-state index is 10.2. The summed E-state index contributed by atoms with van der Waals surface area (Å²) in [4.78, 5) is 10.2. The lowest BCUT2D eigenvalue weighted by Crippen LogP contribution is -2.14. The molecule has 0 aliphatic rings. The SMILES string of the molecule is C/C=C(\OC)C(N)=O. The highest BCUT2D eigenvalue weighted by Gasteiger charge is 1.98. The Hall–Kier alpha value is -0.990. The van der Waals surface area contributed by atoms with Gasteiger partial charge < -0.3 is 10.5 Å². The van der Waals surface area contributed by atoms with Crippen molar-refractivity contribution in [3.05, 3.63) is 11.8 Å². The van der Waals surface area contributed by atoms with Crippen LogP contribution in [0, 0.1) is 0 Å². The molecule has 0 rings (SSSR count). The van der Waals surface area contributed by atoms with Crippen LogP contribution in [0.3, 0.4) is 0 Å². The summed E-state index contributed by atoms with van der Waals surface area (Å²) in [6.45, 7) is 1.68. The van der Waals surface area contributed by atoms with Crippen molar-refractivity contribution in [2.24, 2.45) is 5.73 Å². The first-order valence-electron chi connectivity index (χ1n) is 2.22. The minimum Gasteiger partial charge on any atom is -0.491 e. The fourth-order valence-electron chi connectivity index (χ4n) is 0.361. The van der Waals surface area contributed by atoms with Gasteiger partial charge in [0.05, 0.1) is 7.11 Å². The van der Waals surface area contributed by atoms with E-state index < -0.39 is 5.91 Å². The van der Waals surface area contributed by atoms with Gasteiger partial charge in [0.15, 0.2) is 5.76 Å². The zero-order valence-corrected chi connectivity index (χ0v) is 4.97. The molecular formula is C5H9NO2.